The number of nitrogens with zero attached hydrogens (tertiary/aromatic N) is 6. The minimum Gasteiger partial charge on any atom is -0.324 e. The molecule has 0 radical (unpaired) electrons. The third-order valence-electron chi connectivity index (χ3n) is 12.3. The maximum Gasteiger partial charge on any atom is 0.164 e. The van der Waals surface area contributed by atoms with Crippen molar-refractivity contribution in [2.45, 2.75) is 78.6 Å². The molecule has 8 heteroatoms. The number of H-pyrrole nitrogens is 2. The largest absolute Gasteiger partial charge is 0.324 e. The van der Waals surface area contributed by atoms with Gasteiger partial charge in [-0.2, -0.15) is 0 Å². The minimum atomic E-state index is -0.0841. The van der Waals surface area contributed by atoms with Crippen LogP contribution < -0.4 is 0 Å². The molecule has 5 heterocycles. The first kappa shape index (κ1) is 36.3. The Kier molecular flexibility index (Phi) is 7.48. The van der Waals surface area contributed by atoms with E-state index in [9.17, 15) is 0 Å². The van der Waals surface area contributed by atoms with Crippen molar-refractivity contribution in [1.82, 2.24) is 39.9 Å². The third kappa shape index (κ3) is 5.80. The molecule has 8 nitrogen and oxygen atoms in total. The van der Waals surface area contributed by atoms with Gasteiger partial charge in [-0.05, 0) is 96.9 Å². The second-order valence-electron chi connectivity index (χ2n) is 19.6. The number of hydrogen-bond donors (Lipinski definition) is 2. The molecule has 3 aromatic heterocycles. The zero-order chi connectivity index (χ0) is 41.5. The maximum absolute atomic E-state index is 5.39. The molecule has 6 aromatic carbocycles. The molecule has 11 rings (SSSR count). The molecule has 9 aromatic rings. The molecule has 2 aliphatic rings. The lowest BCUT2D eigenvalue weighted by Crippen LogP contribution is -2.10. The first-order valence-electron chi connectivity index (χ1n) is 20.8. The van der Waals surface area contributed by atoms with E-state index in [-0.39, 0.29) is 16.2 Å². The smallest absolute Gasteiger partial charge is 0.164 e. The molecule has 0 unspecified atom stereocenters. The van der Waals surface area contributed by atoms with Gasteiger partial charge in [0, 0.05) is 43.8 Å². The second kappa shape index (κ2) is 12.4. The molecule has 294 valence electrons. The van der Waals surface area contributed by atoms with Gasteiger partial charge in [-0.1, -0.05) is 123 Å². The van der Waals surface area contributed by atoms with Gasteiger partial charge in [-0.15, -0.1) is 0 Å². The number of aromatic amines is 2. The van der Waals surface area contributed by atoms with Crippen molar-refractivity contribution in [3.05, 3.63) is 120 Å². The fraction of sp³-hybridized carbons (Fsp3) is 0.231. The van der Waals surface area contributed by atoms with Crippen LogP contribution in [-0.4, -0.2) is 39.9 Å². The van der Waals surface area contributed by atoms with Gasteiger partial charge in [-0.3, -0.25) is 0 Å². The number of rotatable bonds is 0. The van der Waals surface area contributed by atoms with Crippen LogP contribution in [0.15, 0.2) is 103 Å². The van der Waals surface area contributed by atoms with E-state index in [0.717, 1.165) is 54.6 Å². The van der Waals surface area contributed by atoms with E-state index in [0.29, 0.717) is 45.9 Å². The molecule has 0 fully saturated rings. The van der Waals surface area contributed by atoms with Gasteiger partial charge in [0.25, 0.3) is 0 Å². The fourth-order valence-electron chi connectivity index (χ4n) is 8.63. The Balaban J connectivity index is 1.32. The summed E-state index contributed by atoms with van der Waals surface area (Å²) in [7, 11) is 0. The van der Waals surface area contributed by atoms with Crippen LogP contribution in [0.5, 0.6) is 0 Å². The Labute approximate surface area is 348 Å². The van der Waals surface area contributed by atoms with Crippen molar-refractivity contribution in [3.8, 4) is 45.6 Å². The molecular weight excluding hydrogens is 737 g/mol. The lowest BCUT2D eigenvalue weighted by Gasteiger charge is -2.19. The Morgan fingerprint density at radius 2 is 0.683 bits per heavy atom. The molecule has 8 bridgehead atoms. The fourth-order valence-corrected chi connectivity index (χ4v) is 8.63. The van der Waals surface area contributed by atoms with Gasteiger partial charge in [-0.25, -0.2) is 29.9 Å². The highest BCUT2D eigenvalue weighted by molar-refractivity contribution is 6.13. The van der Waals surface area contributed by atoms with E-state index in [1.54, 1.807) is 0 Å². The molecule has 0 atom stereocenters. The monoisotopic (exact) mass is 782 g/mol. The summed E-state index contributed by atoms with van der Waals surface area (Å²) in [5.74, 6) is 2.39. The highest BCUT2D eigenvalue weighted by Gasteiger charge is 2.26. The zero-order valence-electron chi connectivity index (χ0n) is 35.5. The van der Waals surface area contributed by atoms with Crippen molar-refractivity contribution in [3.63, 3.8) is 0 Å². The van der Waals surface area contributed by atoms with Crippen molar-refractivity contribution >= 4 is 65.7 Å². The van der Waals surface area contributed by atoms with Crippen molar-refractivity contribution in [2.75, 3.05) is 0 Å². The van der Waals surface area contributed by atoms with E-state index < -0.39 is 0 Å². The first-order chi connectivity index (χ1) is 28.5. The summed E-state index contributed by atoms with van der Waals surface area (Å²) >= 11 is 0. The topological polar surface area (TPSA) is 109 Å². The summed E-state index contributed by atoms with van der Waals surface area (Å²) in [6.07, 6.45) is 0. The lowest BCUT2D eigenvalue weighted by molar-refractivity contribution is 0.590. The summed E-state index contributed by atoms with van der Waals surface area (Å²) in [5.41, 5.74) is 9.83. The van der Waals surface area contributed by atoms with Crippen LogP contribution in [0.2, 0.25) is 0 Å². The highest BCUT2D eigenvalue weighted by atomic mass is 15.1. The maximum atomic E-state index is 5.39. The number of fused-ring (bicyclic) bond motifs is 22. The summed E-state index contributed by atoms with van der Waals surface area (Å²) in [6, 6.07) is 37.1. The Morgan fingerprint density at radius 1 is 0.317 bits per heavy atom. The van der Waals surface area contributed by atoms with Crippen LogP contribution in [0.4, 0.5) is 0 Å². The molecule has 0 saturated carbocycles. The van der Waals surface area contributed by atoms with Crippen LogP contribution in [0.1, 0.15) is 79.0 Å². The number of hydrogen-bond acceptors (Lipinski definition) is 6. The van der Waals surface area contributed by atoms with Gasteiger partial charge < -0.3 is 9.97 Å². The van der Waals surface area contributed by atoms with Crippen molar-refractivity contribution in [2.24, 2.45) is 0 Å². The van der Waals surface area contributed by atoms with E-state index in [4.69, 9.17) is 29.9 Å². The quantitative estimate of drug-likeness (QED) is 0.148. The number of nitrogens with one attached hydrogen (secondary N) is 2. The Morgan fingerprint density at radius 3 is 1.12 bits per heavy atom. The van der Waals surface area contributed by atoms with Gasteiger partial charge in [0.2, 0.25) is 0 Å². The van der Waals surface area contributed by atoms with Gasteiger partial charge in [0.1, 0.15) is 22.6 Å². The average molecular weight is 783 g/mol. The first-order valence-corrected chi connectivity index (χ1v) is 20.8. The molecule has 0 amide bonds. The molecule has 60 heavy (non-hydrogen) atoms. The molecular formula is C52H46N8. The van der Waals surface area contributed by atoms with Crippen LogP contribution in [-0.2, 0) is 16.2 Å². The average Bonchev–Trinajstić information content (AvgIpc) is 3.93. The van der Waals surface area contributed by atoms with E-state index in [1.165, 1.54) is 27.5 Å². The highest BCUT2D eigenvalue weighted by Crippen LogP contribution is 2.41. The number of aromatic nitrogens is 8. The normalized spacial score (nSPS) is 13.1. The van der Waals surface area contributed by atoms with Gasteiger partial charge >= 0.3 is 0 Å². The predicted molar refractivity (Wildman–Crippen MR) is 247 cm³/mol. The SMILES string of the molecule is CC(C)(C)c1ccc2c(c1)-c1nc-2nc2[nH]c(nc3nc(nc4[nH]c(n1)c1ccc(C(C)(C)C)cc41)-c1ccc(C(C)(C)C)cc1-3)c1cc3cc4ccccc4cc3cc21. The van der Waals surface area contributed by atoms with Gasteiger partial charge in [0.15, 0.2) is 23.3 Å². The lowest BCUT2D eigenvalue weighted by atomic mass is 9.85. The van der Waals surface area contributed by atoms with E-state index in [2.05, 4.69) is 175 Å². The summed E-state index contributed by atoms with van der Waals surface area (Å²) in [5, 5.41) is 8.45. The Bertz CT molecular complexity index is 3490. The second-order valence-corrected chi connectivity index (χ2v) is 19.6. The van der Waals surface area contributed by atoms with Crippen LogP contribution in [0.25, 0.3) is 111 Å². The molecule has 0 spiro atoms. The molecule has 2 N–H and O–H groups in total. The van der Waals surface area contributed by atoms with E-state index in [1.807, 2.05) is 0 Å². The number of benzene rings is 6. The molecule has 0 saturated heterocycles. The molecule has 0 aliphatic carbocycles. The minimum absolute atomic E-state index is 0.0743. The van der Waals surface area contributed by atoms with Crippen molar-refractivity contribution in [1.29, 1.82) is 0 Å². The Hall–Kier alpha value is -6.80. The summed E-state index contributed by atoms with van der Waals surface area (Å²) < 4.78 is 0. The zero-order valence-corrected chi connectivity index (χ0v) is 35.5. The van der Waals surface area contributed by atoms with Gasteiger partial charge in [0.05, 0.1) is 0 Å². The third-order valence-corrected chi connectivity index (χ3v) is 12.3. The molecule has 2 aliphatic heterocycles. The summed E-state index contributed by atoms with van der Waals surface area (Å²) in [4.78, 5) is 39.2. The summed E-state index contributed by atoms with van der Waals surface area (Å²) in [6.45, 7) is 20.1. The van der Waals surface area contributed by atoms with Crippen molar-refractivity contribution < 1.29 is 0 Å². The van der Waals surface area contributed by atoms with Crippen LogP contribution >= 0.6 is 0 Å². The van der Waals surface area contributed by atoms with Crippen LogP contribution in [0, 0.1) is 0 Å². The predicted octanol–water partition coefficient (Wildman–Crippen LogP) is 13.1. The van der Waals surface area contributed by atoms with Crippen LogP contribution in [0.3, 0.4) is 0 Å². The standard InChI is InChI=1S/C52H46N8/c1-50(2,3)31-14-17-34-39(24-31)47-54-42(34)53-45-37-22-29-20-27-12-10-11-13-28(27)21-30(29)23-38(37)46(59-45)60-49-41-26-33(52(7,8)9)16-19-36(41)44(58-49)57-48-40-25-32(51(4,5)6)15-18-35(40)43(55-47)56-48/h10-26H,1-9H3,(H2,53,54,55,56,57,58,59,60). The van der Waals surface area contributed by atoms with E-state index >= 15 is 0 Å².